The lowest BCUT2D eigenvalue weighted by atomic mass is 10.2. The van der Waals surface area contributed by atoms with E-state index in [4.69, 9.17) is 12.2 Å². The second kappa shape index (κ2) is 10.0. The predicted octanol–water partition coefficient (Wildman–Crippen LogP) is 4.57. The number of phenols is 1. The minimum atomic E-state index is -0.224. The molecule has 1 fully saturated rings. The molecule has 2 amide bonds. The molecule has 1 aliphatic rings. The molecular weight excluding hydrogens is 404 g/mol. The maximum absolute atomic E-state index is 12.6. The molecule has 0 saturated carbocycles. The Morgan fingerprint density at radius 2 is 1.86 bits per heavy atom. The highest BCUT2D eigenvalue weighted by Gasteiger charge is 2.31. The summed E-state index contributed by atoms with van der Waals surface area (Å²) in [6.07, 6.45) is 6.21. The van der Waals surface area contributed by atoms with Crippen molar-refractivity contribution >= 4 is 51.9 Å². The first-order valence-electron chi connectivity index (χ1n) is 9.09. The number of rotatable bonds is 7. The van der Waals surface area contributed by atoms with Crippen molar-refractivity contribution in [1.82, 2.24) is 4.90 Å². The second-order valence-corrected chi connectivity index (χ2v) is 7.97. The van der Waals surface area contributed by atoms with Crippen LogP contribution in [0.5, 0.6) is 5.75 Å². The molecule has 29 heavy (non-hydrogen) atoms. The Bertz CT molecular complexity index is 971. The van der Waals surface area contributed by atoms with Crippen LogP contribution in [0.2, 0.25) is 0 Å². The molecule has 0 aliphatic carbocycles. The van der Waals surface area contributed by atoms with Gasteiger partial charge in [0.1, 0.15) is 10.1 Å². The highest BCUT2D eigenvalue weighted by Crippen LogP contribution is 2.31. The first-order valence-corrected chi connectivity index (χ1v) is 10.3. The summed E-state index contributed by atoms with van der Waals surface area (Å²) >= 11 is 6.57. The number of phenolic OH excluding ortho intramolecular Hbond substituents is 1. The highest BCUT2D eigenvalue weighted by atomic mass is 32.2. The van der Waals surface area contributed by atoms with Gasteiger partial charge in [0.05, 0.1) is 10.6 Å². The van der Waals surface area contributed by atoms with Crippen LogP contribution in [0.1, 0.15) is 18.4 Å². The van der Waals surface area contributed by atoms with Crippen LogP contribution in [0.4, 0.5) is 5.69 Å². The maximum Gasteiger partial charge on any atom is 0.266 e. The van der Waals surface area contributed by atoms with E-state index in [2.05, 4.69) is 5.32 Å². The molecule has 2 aromatic carbocycles. The van der Waals surface area contributed by atoms with Crippen LogP contribution < -0.4 is 5.32 Å². The maximum atomic E-state index is 12.6. The summed E-state index contributed by atoms with van der Waals surface area (Å²) in [6, 6.07) is 16.4. The summed E-state index contributed by atoms with van der Waals surface area (Å²) in [5, 5.41) is 12.4. The Morgan fingerprint density at radius 1 is 1.14 bits per heavy atom. The van der Waals surface area contributed by atoms with E-state index in [0.717, 1.165) is 5.56 Å². The van der Waals surface area contributed by atoms with Crippen molar-refractivity contribution in [2.24, 2.45) is 0 Å². The number of anilines is 1. The lowest BCUT2D eigenvalue weighted by molar-refractivity contribution is -0.122. The van der Waals surface area contributed by atoms with E-state index in [1.807, 2.05) is 42.5 Å². The quantitative estimate of drug-likeness (QED) is 0.387. The molecule has 0 aromatic heterocycles. The number of nitrogens with one attached hydrogen (secondary N) is 1. The Labute approximate surface area is 179 Å². The topological polar surface area (TPSA) is 69.6 Å². The van der Waals surface area contributed by atoms with Gasteiger partial charge in [-0.25, -0.2) is 0 Å². The molecule has 0 spiro atoms. The van der Waals surface area contributed by atoms with Gasteiger partial charge in [-0.1, -0.05) is 78.6 Å². The summed E-state index contributed by atoms with van der Waals surface area (Å²) in [5.41, 5.74) is 1.42. The van der Waals surface area contributed by atoms with Crippen molar-refractivity contribution in [1.29, 1.82) is 0 Å². The van der Waals surface area contributed by atoms with E-state index in [-0.39, 0.29) is 24.0 Å². The number of thioether (sulfide) groups is 1. The monoisotopic (exact) mass is 424 g/mol. The van der Waals surface area contributed by atoms with Crippen molar-refractivity contribution in [2.45, 2.75) is 12.8 Å². The number of hydrogen-bond donors (Lipinski definition) is 2. The van der Waals surface area contributed by atoms with E-state index < -0.39 is 0 Å². The molecule has 7 heteroatoms. The summed E-state index contributed by atoms with van der Waals surface area (Å²) in [6.45, 7) is 0.374. The Kier molecular flexibility index (Phi) is 7.21. The van der Waals surface area contributed by atoms with E-state index in [0.29, 0.717) is 27.9 Å². The fraction of sp³-hybridized carbons (Fsp3) is 0.136. The molecule has 0 bridgehead atoms. The zero-order valence-electron chi connectivity index (χ0n) is 15.6. The van der Waals surface area contributed by atoms with Crippen LogP contribution in [-0.4, -0.2) is 32.7 Å². The summed E-state index contributed by atoms with van der Waals surface area (Å²) in [7, 11) is 0. The summed E-state index contributed by atoms with van der Waals surface area (Å²) in [5.74, 6) is -0.344. The van der Waals surface area contributed by atoms with Gasteiger partial charge in [0.2, 0.25) is 5.91 Å². The smallest absolute Gasteiger partial charge is 0.266 e. The van der Waals surface area contributed by atoms with Crippen molar-refractivity contribution < 1.29 is 14.7 Å². The van der Waals surface area contributed by atoms with Gasteiger partial charge in [0.25, 0.3) is 5.91 Å². The molecule has 148 valence electrons. The van der Waals surface area contributed by atoms with Gasteiger partial charge in [0.15, 0.2) is 0 Å². The molecular formula is C22H20N2O3S2. The van der Waals surface area contributed by atoms with Gasteiger partial charge in [-0.15, -0.1) is 0 Å². The van der Waals surface area contributed by atoms with Gasteiger partial charge in [-0.3, -0.25) is 14.5 Å². The van der Waals surface area contributed by atoms with Gasteiger partial charge < -0.3 is 10.4 Å². The van der Waals surface area contributed by atoms with Crippen molar-refractivity contribution in [3.63, 3.8) is 0 Å². The SMILES string of the molecule is O=C(CCCN1C(=O)/C(=C/C=C/c2ccccc2)SC1=S)Nc1ccccc1O. The fourth-order valence-corrected chi connectivity index (χ4v) is 3.97. The lowest BCUT2D eigenvalue weighted by Crippen LogP contribution is -2.29. The van der Waals surface area contributed by atoms with Gasteiger partial charge in [0, 0.05) is 13.0 Å². The van der Waals surface area contributed by atoms with E-state index >= 15 is 0 Å². The van der Waals surface area contributed by atoms with Crippen molar-refractivity contribution in [3.8, 4) is 5.75 Å². The molecule has 0 radical (unpaired) electrons. The lowest BCUT2D eigenvalue weighted by Gasteiger charge is -2.14. The minimum absolute atomic E-state index is 0.0199. The number of carbonyl (C=O) groups excluding carboxylic acids is 2. The number of carbonyl (C=O) groups is 2. The Morgan fingerprint density at radius 3 is 2.62 bits per heavy atom. The first-order chi connectivity index (χ1) is 14.0. The molecule has 2 N–H and O–H groups in total. The third kappa shape index (κ3) is 5.79. The number of aromatic hydroxyl groups is 1. The summed E-state index contributed by atoms with van der Waals surface area (Å²) < 4.78 is 0.496. The number of benzene rings is 2. The molecule has 1 aliphatic heterocycles. The van der Waals surface area contributed by atoms with Crippen molar-refractivity contribution in [2.75, 3.05) is 11.9 Å². The molecule has 5 nitrogen and oxygen atoms in total. The third-order valence-electron chi connectivity index (χ3n) is 4.17. The van der Waals surface area contributed by atoms with Crippen molar-refractivity contribution in [3.05, 3.63) is 77.2 Å². The number of amides is 2. The molecule has 0 atom stereocenters. The standard InChI is InChI=1S/C22H20N2O3S2/c25-18-12-5-4-11-17(18)23-20(26)14-7-15-24-21(27)19(29-22(24)28)13-6-10-16-8-2-1-3-9-16/h1-6,8-13,25H,7,14-15H2,(H,23,26)/b10-6+,19-13-. The van der Waals surface area contributed by atoms with Crippen LogP contribution in [0.25, 0.3) is 6.08 Å². The Balaban J connectivity index is 1.50. The first kappa shape index (κ1) is 20.8. The average Bonchev–Trinajstić information content (AvgIpc) is 2.98. The van der Waals surface area contributed by atoms with Crippen LogP contribution in [0.3, 0.4) is 0 Å². The molecule has 2 aromatic rings. The zero-order chi connectivity index (χ0) is 20.6. The highest BCUT2D eigenvalue weighted by molar-refractivity contribution is 8.26. The number of nitrogens with zero attached hydrogens (tertiary/aromatic N) is 1. The van der Waals surface area contributed by atoms with Crippen LogP contribution in [0.15, 0.2) is 71.7 Å². The largest absolute Gasteiger partial charge is 0.506 e. The molecule has 3 rings (SSSR count). The number of allylic oxidation sites excluding steroid dienone is 2. The van der Waals surface area contributed by atoms with Crippen LogP contribution in [0, 0.1) is 0 Å². The van der Waals surface area contributed by atoms with Gasteiger partial charge >= 0.3 is 0 Å². The van der Waals surface area contributed by atoms with Crippen LogP contribution in [-0.2, 0) is 9.59 Å². The zero-order valence-corrected chi connectivity index (χ0v) is 17.2. The number of para-hydroxylation sites is 2. The fourth-order valence-electron chi connectivity index (χ4n) is 2.71. The Hall–Kier alpha value is -2.90. The molecule has 1 heterocycles. The third-order valence-corrected chi connectivity index (χ3v) is 5.57. The molecule has 1 saturated heterocycles. The minimum Gasteiger partial charge on any atom is -0.506 e. The van der Waals surface area contributed by atoms with E-state index in [1.165, 1.54) is 22.7 Å². The normalized spacial score (nSPS) is 15.4. The summed E-state index contributed by atoms with van der Waals surface area (Å²) in [4.78, 5) is 26.7. The second-order valence-electron chi connectivity index (χ2n) is 6.29. The van der Waals surface area contributed by atoms with Crippen LogP contribution >= 0.6 is 24.0 Å². The van der Waals surface area contributed by atoms with Gasteiger partial charge in [-0.2, -0.15) is 0 Å². The number of hydrogen-bond acceptors (Lipinski definition) is 5. The predicted molar refractivity (Wildman–Crippen MR) is 121 cm³/mol. The van der Waals surface area contributed by atoms with E-state index in [9.17, 15) is 14.7 Å². The average molecular weight is 425 g/mol. The van der Waals surface area contributed by atoms with E-state index in [1.54, 1.807) is 24.3 Å². The van der Waals surface area contributed by atoms with Gasteiger partial charge in [-0.05, 0) is 30.2 Å². The number of thiocarbonyl (C=S) groups is 1. The molecule has 0 unspecified atom stereocenters.